The van der Waals surface area contributed by atoms with Crippen molar-refractivity contribution in [3.63, 3.8) is 0 Å². The van der Waals surface area contributed by atoms with E-state index >= 15 is 0 Å². The second kappa shape index (κ2) is 5.60. The van der Waals surface area contributed by atoms with Crippen molar-refractivity contribution < 1.29 is 14.6 Å². The van der Waals surface area contributed by atoms with Gasteiger partial charge in [0.25, 0.3) is 0 Å². The maximum absolute atomic E-state index is 10.9. The van der Waals surface area contributed by atoms with Crippen LogP contribution in [-0.4, -0.2) is 33.2 Å². The Morgan fingerprint density at radius 2 is 2.31 bits per heavy atom. The molecule has 0 radical (unpaired) electrons. The topological polar surface area (TPSA) is 77.2 Å². The Bertz CT molecular complexity index is 362. The van der Waals surface area contributed by atoms with Gasteiger partial charge in [-0.05, 0) is 13.3 Å². The van der Waals surface area contributed by atoms with E-state index in [1.54, 1.807) is 4.68 Å². The average Bonchev–Trinajstić information content (AvgIpc) is 2.62. The lowest BCUT2D eigenvalue weighted by Crippen LogP contribution is -2.13. The van der Waals surface area contributed by atoms with E-state index in [-0.39, 0.29) is 18.3 Å². The highest BCUT2D eigenvalue weighted by molar-refractivity contribution is 5.86. The summed E-state index contributed by atoms with van der Waals surface area (Å²) in [6.45, 7) is 4.27. The highest BCUT2D eigenvalue weighted by atomic mass is 16.5. The Hall–Kier alpha value is -1.43. The standard InChI is InChI=1S/C10H17N3O3/c1-4-5-7(2)13-8(6-16-3)9(10(14)15)11-12-13/h7H,4-6H2,1-3H3,(H,14,15). The van der Waals surface area contributed by atoms with Gasteiger partial charge in [-0.2, -0.15) is 0 Å². The van der Waals surface area contributed by atoms with Crippen molar-refractivity contribution in [3.8, 4) is 0 Å². The molecule has 1 heterocycles. The fourth-order valence-electron chi connectivity index (χ4n) is 1.64. The van der Waals surface area contributed by atoms with E-state index in [1.807, 2.05) is 6.92 Å². The van der Waals surface area contributed by atoms with Crippen molar-refractivity contribution in [2.24, 2.45) is 0 Å². The summed E-state index contributed by atoms with van der Waals surface area (Å²) in [6, 6.07) is 0.135. The summed E-state index contributed by atoms with van der Waals surface area (Å²) in [5, 5.41) is 16.5. The zero-order valence-corrected chi connectivity index (χ0v) is 9.80. The molecular formula is C10H17N3O3. The molecule has 16 heavy (non-hydrogen) atoms. The number of aromatic nitrogens is 3. The number of hydrogen-bond donors (Lipinski definition) is 1. The van der Waals surface area contributed by atoms with Crippen LogP contribution in [0.15, 0.2) is 0 Å². The molecule has 1 atom stereocenters. The minimum atomic E-state index is -1.07. The van der Waals surface area contributed by atoms with Crippen molar-refractivity contribution in [3.05, 3.63) is 11.4 Å². The Morgan fingerprint density at radius 1 is 1.62 bits per heavy atom. The summed E-state index contributed by atoms with van der Waals surface area (Å²) in [7, 11) is 1.52. The smallest absolute Gasteiger partial charge is 0.358 e. The summed E-state index contributed by atoms with van der Waals surface area (Å²) >= 11 is 0. The maximum atomic E-state index is 10.9. The van der Waals surface area contributed by atoms with Gasteiger partial charge < -0.3 is 9.84 Å². The Kier molecular flexibility index (Phi) is 4.42. The molecule has 90 valence electrons. The van der Waals surface area contributed by atoms with E-state index in [1.165, 1.54) is 7.11 Å². The largest absolute Gasteiger partial charge is 0.476 e. The van der Waals surface area contributed by atoms with Crippen molar-refractivity contribution in [1.29, 1.82) is 0 Å². The van der Waals surface area contributed by atoms with Crippen LogP contribution < -0.4 is 0 Å². The number of carboxylic acids is 1. The van der Waals surface area contributed by atoms with Crippen molar-refractivity contribution in [2.75, 3.05) is 7.11 Å². The van der Waals surface area contributed by atoms with E-state index in [0.29, 0.717) is 5.69 Å². The van der Waals surface area contributed by atoms with Crippen molar-refractivity contribution in [2.45, 2.75) is 39.3 Å². The third-order valence-electron chi connectivity index (χ3n) is 2.40. The first kappa shape index (κ1) is 12.6. The van der Waals surface area contributed by atoms with Crippen LogP contribution in [-0.2, 0) is 11.3 Å². The molecule has 0 fully saturated rings. The van der Waals surface area contributed by atoms with Crippen LogP contribution in [0.4, 0.5) is 0 Å². The molecule has 0 spiro atoms. The van der Waals surface area contributed by atoms with Gasteiger partial charge in [0.15, 0.2) is 5.69 Å². The second-order valence-corrected chi connectivity index (χ2v) is 3.71. The average molecular weight is 227 g/mol. The predicted octanol–water partition coefficient (Wildman–Crippen LogP) is 1.48. The molecule has 1 unspecified atom stereocenters. The molecule has 1 N–H and O–H groups in total. The second-order valence-electron chi connectivity index (χ2n) is 3.71. The van der Waals surface area contributed by atoms with Crippen molar-refractivity contribution >= 4 is 5.97 Å². The number of methoxy groups -OCH3 is 1. The molecular weight excluding hydrogens is 210 g/mol. The van der Waals surface area contributed by atoms with E-state index in [9.17, 15) is 4.79 Å². The number of nitrogens with zero attached hydrogens (tertiary/aromatic N) is 3. The molecule has 6 nitrogen and oxygen atoms in total. The lowest BCUT2D eigenvalue weighted by atomic mass is 10.2. The SMILES string of the molecule is CCCC(C)n1nnc(C(=O)O)c1COC. The Labute approximate surface area is 94.2 Å². The number of rotatable bonds is 6. The molecule has 1 aromatic rings. The molecule has 1 rings (SSSR count). The summed E-state index contributed by atoms with van der Waals surface area (Å²) in [4.78, 5) is 10.9. The minimum absolute atomic E-state index is 0.0233. The van der Waals surface area contributed by atoms with Gasteiger partial charge >= 0.3 is 5.97 Å². The minimum Gasteiger partial charge on any atom is -0.476 e. The predicted molar refractivity (Wildman–Crippen MR) is 57.3 cm³/mol. The summed E-state index contributed by atoms with van der Waals surface area (Å²) < 4.78 is 6.62. The molecule has 0 saturated heterocycles. The highest BCUT2D eigenvalue weighted by Crippen LogP contribution is 2.17. The summed E-state index contributed by atoms with van der Waals surface area (Å²) in [6.07, 6.45) is 1.94. The number of ether oxygens (including phenoxy) is 1. The molecule has 0 aliphatic rings. The van der Waals surface area contributed by atoms with Gasteiger partial charge in [-0.25, -0.2) is 9.48 Å². The first-order valence-electron chi connectivity index (χ1n) is 5.28. The van der Waals surface area contributed by atoms with Crippen LogP contribution in [0.2, 0.25) is 0 Å². The number of carboxylic acid groups (broad SMARTS) is 1. The summed E-state index contributed by atoms with van der Waals surface area (Å²) in [5.74, 6) is -1.07. The van der Waals surface area contributed by atoms with Gasteiger partial charge in [0.05, 0.1) is 18.3 Å². The number of carbonyl (C=O) groups is 1. The molecule has 0 aliphatic carbocycles. The molecule has 0 aromatic carbocycles. The van der Waals surface area contributed by atoms with E-state index in [4.69, 9.17) is 9.84 Å². The van der Waals surface area contributed by atoms with Gasteiger partial charge in [-0.1, -0.05) is 18.6 Å². The molecule has 0 aliphatic heterocycles. The molecule has 6 heteroatoms. The zero-order valence-electron chi connectivity index (χ0n) is 9.80. The zero-order chi connectivity index (χ0) is 12.1. The third kappa shape index (κ3) is 2.57. The highest BCUT2D eigenvalue weighted by Gasteiger charge is 2.21. The number of hydrogen-bond acceptors (Lipinski definition) is 4. The van der Waals surface area contributed by atoms with E-state index in [0.717, 1.165) is 12.8 Å². The molecule has 0 saturated carbocycles. The van der Waals surface area contributed by atoms with Crippen LogP contribution in [0.3, 0.4) is 0 Å². The van der Waals surface area contributed by atoms with Gasteiger partial charge in [-0.15, -0.1) is 5.10 Å². The van der Waals surface area contributed by atoms with Crippen LogP contribution in [0, 0.1) is 0 Å². The lowest BCUT2D eigenvalue weighted by Gasteiger charge is -2.13. The van der Waals surface area contributed by atoms with Gasteiger partial charge in [-0.3, -0.25) is 0 Å². The molecule has 0 bridgehead atoms. The monoisotopic (exact) mass is 227 g/mol. The normalized spacial score (nSPS) is 12.7. The van der Waals surface area contributed by atoms with Gasteiger partial charge in [0, 0.05) is 7.11 Å². The van der Waals surface area contributed by atoms with Crippen LogP contribution in [0.25, 0.3) is 0 Å². The van der Waals surface area contributed by atoms with Crippen LogP contribution >= 0.6 is 0 Å². The fraction of sp³-hybridized carbons (Fsp3) is 0.700. The van der Waals surface area contributed by atoms with Gasteiger partial charge in [0.1, 0.15) is 0 Å². The third-order valence-corrected chi connectivity index (χ3v) is 2.40. The first-order valence-corrected chi connectivity index (χ1v) is 5.28. The fourth-order valence-corrected chi connectivity index (χ4v) is 1.64. The van der Waals surface area contributed by atoms with Crippen LogP contribution in [0.5, 0.6) is 0 Å². The van der Waals surface area contributed by atoms with E-state index in [2.05, 4.69) is 17.2 Å². The maximum Gasteiger partial charge on any atom is 0.358 e. The molecule has 0 amide bonds. The summed E-state index contributed by atoms with van der Waals surface area (Å²) in [5.41, 5.74) is 0.501. The quantitative estimate of drug-likeness (QED) is 0.796. The van der Waals surface area contributed by atoms with Crippen molar-refractivity contribution in [1.82, 2.24) is 15.0 Å². The van der Waals surface area contributed by atoms with Crippen LogP contribution in [0.1, 0.15) is 48.9 Å². The Balaban J connectivity index is 3.04. The van der Waals surface area contributed by atoms with E-state index < -0.39 is 5.97 Å². The molecule has 1 aromatic heterocycles. The van der Waals surface area contributed by atoms with Gasteiger partial charge in [0.2, 0.25) is 0 Å². The Morgan fingerprint density at radius 3 is 2.81 bits per heavy atom. The number of aromatic carboxylic acids is 1. The first-order chi connectivity index (χ1) is 7.61. The lowest BCUT2D eigenvalue weighted by molar-refractivity contribution is 0.0684.